The molecule has 3 aromatic carbocycles. The molecule has 0 saturated carbocycles. The highest BCUT2D eigenvalue weighted by Crippen LogP contribution is 2.36. The van der Waals surface area contributed by atoms with Gasteiger partial charge in [0.1, 0.15) is 0 Å². The summed E-state index contributed by atoms with van der Waals surface area (Å²) in [6.45, 7) is 1.89. The Bertz CT molecular complexity index is 1030. The Morgan fingerprint density at radius 3 is 2.23 bits per heavy atom. The van der Waals surface area contributed by atoms with Gasteiger partial charge in [-0.2, -0.15) is 0 Å². The maximum atomic E-state index is 13.2. The molecule has 0 aromatic heterocycles. The predicted molar refractivity (Wildman–Crippen MR) is 113 cm³/mol. The quantitative estimate of drug-likeness (QED) is 0.408. The lowest BCUT2D eigenvalue weighted by Gasteiger charge is -2.12. The van der Waals surface area contributed by atoms with Gasteiger partial charge in [-0.05, 0) is 73.3 Å². The summed E-state index contributed by atoms with van der Waals surface area (Å²) in [5.41, 5.74) is 0.925. The summed E-state index contributed by atoms with van der Waals surface area (Å²) in [6.07, 6.45) is 1.89. The zero-order chi connectivity index (χ0) is 18.7. The Morgan fingerprint density at radius 2 is 1.58 bits per heavy atom. The van der Waals surface area contributed by atoms with Crippen molar-refractivity contribution in [1.29, 1.82) is 0 Å². The van der Waals surface area contributed by atoms with E-state index in [0.717, 1.165) is 25.1 Å². The Hall–Kier alpha value is -1.34. The van der Waals surface area contributed by atoms with E-state index in [4.69, 9.17) is 0 Å². The van der Waals surface area contributed by atoms with Crippen LogP contribution in [0.15, 0.2) is 96.1 Å². The van der Waals surface area contributed by atoms with E-state index < -0.39 is 9.84 Å². The molecule has 0 bridgehead atoms. The second-order valence-corrected chi connectivity index (χ2v) is 10.2. The molecule has 2 nitrogen and oxygen atoms in total. The van der Waals surface area contributed by atoms with Crippen LogP contribution in [-0.2, 0) is 9.84 Å². The average molecular weight is 419 g/mol. The third-order valence-electron chi connectivity index (χ3n) is 3.80. The molecule has 0 amide bonds. The highest BCUT2D eigenvalue weighted by molar-refractivity contribution is 8.00. The Labute approximate surface area is 168 Å². The van der Waals surface area contributed by atoms with Crippen LogP contribution in [0.25, 0.3) is 0 Å². The number of rotatable bonds is 5. The van der Waals surface area contributed by atoms with Gasteiger partial charge in [0.25, 0.3) is 0 Å². The van der Waals surface area contributed by atoms with Crippen LogP contribution in [-0.4, -0.2) is 14.7 Å². The van der Waals surface area contributed by atoms with Gasteiger partial charge >= 0.3 is 0 Å². The first-order chi connectivity index (χ1) is 12.4. The third kappa shape index (κ3) is 4.31. The maximum absolute atomic E-state index is 13.2. The van der Waals surface area contributed by atoms with Gasteiger partial charge in [-0.15, -0.1) is 24.4 Å². The lowest BCUT2D eigenvalue weighted by atomic mass is 10.2. The van der Waals surface area contributed by atoms with Crippen LogP contribution in [0.1, 0.15) is 5.56 Å². The first kappa shape index (κ1) is 19.4. The Balaban J connectivity index is 2.04. The Morgan fingerprint density at radius 1 is 0.885 bits per heavy atom. The lowest BCUT2D eigenvalue weighted by molar-refractivity contribution is 0.593. The summed E-state index contributed by atoms with van der Waals surface area (Å²) in [6, 6.07) is 20.4. The number of benzene rings is 3. The van der Waals surface area contributed by atoms with Crippen molar-refractivity contribution in [2.24, 2.45) is 0 Å². The van der Waals surface area contributed by atoms with Crippen molar-refractivity contribution in [2.45, 2.75) is 36.3 Å². The minimum absolute atomic E-state index is 0.328. The molecule has 3 rings (SSSR count). The number of sulfone groups is 1. The monoisotopic (exact) mass is 418 g/mol. The number of hydrogen-bond acceptors (Lipinski definition) is 5. The number of thioether (sulfide) groups is 1. The van der Waals surface area contributed by atoms with E-state index in [2.05, 4.69) is 12.6 Å². The number of thiol groups is 1. The maximum Gasteiger partial charge on any atom is 0.207 e. The van der Waals surface area contributed by atoms with E-state index in [-0.39, 0.29) is 0 Å². The number of hydrogen-bond donors (Lipinski definition) is 1. The molecule has 6 heteroatoms. The third-order valence-corrected chi connectivity index (χ3v) is 7.81. The molecule has 26 heavy (non-hydrogen) atoms. The smallest absolute Gasteiger partial charge is 0.207 e. The summed E-state index contributed by atoms with van der Waals surface area (Å²) in [5.74, 6) is 0. The second-order valence-electron chi connectivity index (χ2n) is 5.73. The van der Waals surface area contributed by atoms with E-state index in [0.29, 0.717) is 9.79 Å². The first-order valence-corrected chi connectivity index (χ1v) is 11.8. The summed E-state index contributed by atoms with van der Waals surface area (Å²) in [7, 11) is -3.57. The molecule has 0 aliphatic rings. The van der Waals surface area contributed by atoms with Gasteiger partial charge in [0, 0.05) is 19.6 Å². The minimum atomic E-state index is -3.57. The average Bonchev–Trinajstić information content (AvgIpc) is 2.63. The number of aryl methyl sites for hydroxylation is 1. The van der Waals surface area contributed by atoms with E-state index in [9.17, 15) is 8.42 Å². The van der Waals surface area contributed by atoms with E-state index in [1.807, 2.05) is 55.6 Å². The van der Waals surface area contributed by atoms with Crippen molar-refractivity contribution >= 4 is 46.0 Å². The standard InChI is InChI=1S/C20H18O2S4/c1-14-4-3-5-18(12-14)26(21,22)20-13-17(10-11-19(20)24-2)25-16-8-6-15(23)7-9-16/h3-13,23H,1-2H3. The van der Waals surface area contributed by atoms with Crippen molar-refractivity contribution in [2.75, 3.05) is 6.26 Å². The topological polar surface area (TPSA) is 34.1 Å². The van der Waals surface area contributed by atoms with Crippen LogP contribution < -0.4 is 0 Å². The normalized spacial score (nSPS) is 11.5. The summed E-state index contributed by atoms with van der Waals surface area (Å²) in [4.78, 5) is 4.26. The van der Waals surface area contributed by atoms with Gasteiger partial charge < -0.3 is 0 Å². The van der Waals surface area contributed by atoms with Crippen LogP contribution >= 0.6 is 36.2 Å². The molecule has 0 radical (unpaired) electrons. The van der Waals surface area contributed by atoms with Crippen LogP contribution in [0.5, 0.6) is 0 Å². The van der Waals surface area contributed by atoms with Crippen LogP contribution in [0, 0.1) is 6.92 Å². The Kier molecular flexibility index (Phi) is 6.07. The van der Waals surface area contributed by atoms with E-state index in [1.165, 1.54) is 23.5 Å². The molecule has 0 aliphatic carbocycles. The highest BCUT2D eigenvalue weighted by Gasteiger charge is 2.22. The largest absolute Gasteiger partial charge is 0.218 e. The molecule has 0 atom stereocenters. The molecule has 0 heterocycles. The highest BCUT2D eigenvalue weighted by atomic mass is 32.2. The summed E-state index contributed by atoms with van der Waals surface area (Å²) in [5, 5.41) is 0. The molecule has 134 valence electrons. The fourth-order valence-corrected chi connectivity index (χ4v) is 6.08. The van der Waals surface area contributed by atoms with E-state index in [1.54, 1.807) is 24.3 Å². The van der Waals surface area contributed by atoms with Gasteiger partial charge in [0.05, 0.1) is 9.79 Å². The van der Waals surface area contributed by atoms with Crippen LogP contribution in [0.2, 0.25) is 0 Å². The molecule has 0 unspecified atom stereocenters. The SMILES string of the molecule is CSc1ccc(Sc2ccc(S)cc2)cc1S(=O)(=O)c1cccc(C)c1. The van der Waals surface area contributed by atoms with Crippen molar-refractivity contribution < 1.29 is 8.42 Å². The van der Waals surface area contributed by atoms with Crippen molar-refractivity contribution in [3.8, 4) is 0 Å². The van der Waals surface area contributed by atoms with Crippen molar-refractivity contribution in [3.63, 3.8) is 0 Å². The van der Waals surface area contributed by atoms with Crippen molar-refractivity contribution in [3.05, 3.63) is 72.3 Å². The molecular weight excluding hydrogens is 400 g/mol. The van der Waals surface area contributed by atoms with Gasteiger partial charge in [0.15, 0.2) is 0 Å². The molecule has 0 saturated heterocycles. The fraction of sp³-hybridized carbons (Fsp3) is 0.100. The summed E-state index contributed by atoms with van der Waals surface area (Å²) < 4.78 is 26.4. The van der Waals surface area contributed by atoms with Crippen LogP contribution in [0.4, 0.5) is 0 Å². The van der Waals surface area contributed by atoms with Crippen LogP contribution in [0.3, 0.4) is 0 Å². The van der Waals surface area contributed by atoms with Gasteiger partial charge in [-0.3, -0.25) is 0 Å². The zero-order valence-corrected chi connectivity index (χ0v) is 17.7. The second kappa shape index (κ2) is 8.13. The minimum Gasteiger partial charge on any atom is -0.218 e. The van der Waals surface area contributed by atoms with E-state index >= 15 is 0 Å². The fourth-order valence-electron chi connectivity index (χ4n) is 2.49. The predicted octanol–water partition coefficient (Wildman–Crippen LogP) is 5.99. The van der Waals surface area contributed by atoms with Gasteiger partial charge in [-0.25, -0.2) is 8.42 Å². The summed E-state index contributed by atoms with van der Waals surface area (Å²) >= 11 is 7.27. The molecule has 0 fully saturated rings. The van der Waals surface area contributed by atoms with Gasteiger partial charge in [-0.1, -0.05) is 23.9 Å². The van der Waals surface area contributed by atoms with Gasteiger partial charge in [0.2, 0.25) is 9.84 Å². The molecule has 0 spiro atoms. The zero-order valence-electron chi connectivity index (χ0n) is 14.3. The lowest BCUT2D eigenvalue weighted by Crippen LogP contribution is -2.04. The van der Waals surface area contributed by atoms with Crippen molar-refractivity contribution in [1.82, 2.24) is 0 Å². The molecule has 0 aliphatic heterocycles. The molecule has 0 N–H and O–H groups in total. The molecular formula is C20H18O2S4. The molecule has 3 aromatic rings. The first-order valence-electron chi connectivity index (χ1n) is 7.87.